The van der Waals surface area contributed by atoms with E-state index in [2.05, 4.69) is 27.0 Å². The smallest absolute Gasteiger partial charge is 0.200 e. The Balaban J connectivity index is 2.26. The van der Waals surface area contributed by atoms with Crippen molar-refractivity contribution >= 4 is 21.9 Å². The molecule has 1 heterocycles. The molecule has 0 amide bonds. The second-order valence-corrected chi connectivity index (χ2v) is 4.32. The van der Waals surface area contributed by atoms with Crippen molar-refractivity contribution in [2.45, 2.75) is 6.42 Å². The summed E-state index contributed by atoms with van der Waals surface area (Å²) in [6.07, 6.45) is 2.75. The second-order valence-electron chi connectivity index (χ2n) is 3.47. The largest absolute Gasteiger partial charge is 0.369 e. The maximum atomic E-state index is 5.67. The van der Waals surface area contributed by atoms with Crippen molar-refractivity contribution < 1.29 is 0 Å². The molecule has 1 aromatic carbocycles. The van der Waals surface area contributed by atoms with Gasteiger partial charge in [0, 0.05) is 24.1 Å². The Kier molecular flexibility index (Phi) is 2.77. The summed E-state index contributed by atoms with van der Waals surface area (Å²) in [5.41, 5.74) is 7.88. The Morgan fingerprint density at radius 3 is 2.73 bits per heavy atom. The Morgan fingerprint density at radius 1 is 1.40 bits per heavy atom. The van der Waals surface area contributed by atoms with Gasteiger partial charge in [-0.15, -0.1) is 0 Å². The quantitative estimate of drug-likeness (QED) is 0.906. The van der Waals surface area contributed by atoms with E-state index in [0.29, 0.717) is 5.95 Å². The Morgan fingerprint density at radius 2 is 2.13 bits per heavy atom. The van der Waals surface area contributed by atoms with Crippen LogP contribution >= 0.6 is 15.9 Å². The molecule has 0 aliphatic carbocycles. The van der Waals surface area contributed by atoms with Crippen molar-refractivity contribution in [3.8, 4) is 0 Å². The number of nitrogen functional groups attached to an aromatic ring is 1. The van der Waals surface area contributed by atoms with Gasteiger partial charge in [-0.1, -0.05) is 34.1 Å². The van der Waals surface area contributed by atoms with Gasteiger partial charge in [-0.2, -0.15) is 0 Å². The number of anilines is 1. The van der Waals surface area contributed by atoms with Crippen molar-refractivity contribution in [3.63, 3.8) is 0 Å². The number of imidazole rings is 1. The lowest BCUT2D eigenvalue weighted by Crippen LogP contribution is -1.94. The molecule has 1 aromatic heterocycles. The number of aromatic nitrogens is 2. The summed E-state index contributed by atoms with van der Waals surface area (Å²) in [5, 5.41) is 0. The van der Waals surface area contributed by atoms with E-state index >= 15 is 0 Å². The van der Waals surface area contributed by atoms with Gasteiger partial charge in [0.1, 0.15) is 0 Å². The fourth-order valence-corrected chi connectivity index (χ4v) is 1.89. The minimum Gasteiger partial charge on any atom is -0.369 e. The van der Waals surface area contributed by atoms with Gasteiger partial charge in [-0.25, -0.2) is 4.98 Å². The Bertz CT molecular complexity index is 457. The van der Waals surface area contributed by atoms with E-state index in [9.17, 15) is 0 Å². The summed E-state index contributed by atoms with van der Waals surface area (Å²) in [4.78, 5) is 4.27. The van der Waals surface area contributed by atoms with Gasteiger partial charge in [0.2, 0.25) is 0 Å². The number of benzene rings is 1. The first-order chi connectivity index (χ1) is 7.16. The maximum Gasteiger partial charge on any atom is 0.200 e. The van der Waals surface area contributed by atoms with Crippen molar-refractivity contribution in [2.24, 2.45) is 7.05 Å². The molecular weight excluding hydrogens is 254 g/mol. The molecule has 0 unspecified atom stereocenters. The van der Waals surface area contributed by atoms with Crippen LogP contribution in [0.4, 0.5) is 5.95 Å². The van der Waals surface area contributed by atoms with E-state index in [1.807, 2.05) is 36.0 Å². The first kappa shape index (κ1) is 10.2. The first-order valence-corrected chi connectivity index (χ1v) is 5.47. The zero-order valence-corrected chi connectivity index (χ0v) is 10.0. The second kappa shape index (κ2) is 4.06. The van der Waals surface area contributed by atoms with Crippen molar-refractivity contribution in [1.29, 1.82) is 0 Å². The maximum absolute atomic E-state index is 5.67. The summed E-state index contributed by atoms with van der Waals surface area (Å²) >= 11 is 3.51. The predicted octanol–water partition coefficient (Wildman–Crippen LogP) is 2.36. The third-order valence-electron chi connectivity index (χ3n) is 2.29. The lowest BCUT2D eigenvalue weighted by Gasteiger charge is -2.00. The molecule has 0 aliphatic heterocycles. The van der Waals surface area contributed by atoms with Crippen LogP contribution in [0.5, 0.6) is 0 Å². The van der Waals surface area contributed by atoms with Gasteiger partial charge >= 0.3 is 0 Å². The average molecular weight is 266 g/mol. The standard InChI is InChI=1S/C11H12BrN3/c1-15-7-9(14-11(15)13)6-8-4-2-3-5-10(8)12/h2-5,7H,6H2,1H3,(H2,13,14). The van der Waals surface area contributed by atoms with Gasteiger partial charge in [-0.3, -0.25) is 0 Å². The van der Waals surface area contributed by atoms with Crippen LogP contribution in [-0.2, 0) is 13.5 Å². The molecule has 0 saturated carbocycles. The molecule has 2 N–H and O–H groups in total. The fourth-order valence-electron chi connectivity index (χ4n) is 1.47. The molecule has 78 valence electrons. The Labute approximate surface area is 97.1 Å². The molecule has 4 heteroatoms. The molecule has 0 radical (unpaired) electrons. The van der Waals surface area contributed by atoms with Crippen LogP contribution in [0.1, 0.15) is 11.3 Å². The SMILES string of the molecule is Cn1cc(Cc2ccccc2Br)nc1N. The highest BCUT2D eigenvalue weighted by Gasteiger charge is 2.05. The fraction of sp³-hybridized carbons (Fsp3) is 0.182. The van der Waals surface area contributed by atoms with Crippen molar-refractivity contribution in [1.82, 2.24) is 9.55 Å². The summed E-state index contributed by atoms with van der Waals surface area (Å²) in [6, 6.07) is 8.13. The lowest BCUT2D eigenvalue weighted by atomic mass is 10.1. The van der Waals surface area contributed by atoms with E-state index < -0.39 is 0 Å². The number of hydrogen-bond donors (Lipinski definition) is 1. The van der Waals surface area contributed by atoms with Crippen LogP contribution in [0.3, 0.4) is 0 Å². The number of nitrogens with zero attached hydrogens (tertiary/aromatic N) is 2. The van der Waals surface area contributed by atoms with Gasteiger partial charge in [0.05, 0.1) is 5.69 Å². The van der Waals surface area contributed by atoms with Crippen LogP contribution in [0, 0.1) is 0 Å². The minimum absolute atomic E-state index is 0.553. The number of hydrogen-bond acceptors (Lipinski definition) is 2. The number of rotatable bonds is 2. The molecule has 3 nitrogen and oxygen atoms in total. The summed E-state index contributed by atoms with van der Waals surface area (Å²) in [6.45, 7) is 0. The van der Waals surface area contributed by atoms with Gasteiger partial charge < -0.3 is 10.3 Å². The predicted molar refractivity (Wildman–Crippen MR) is 64.6 cm³/mol. The molecule has 0 saturated heterocycles. The third kappa shape index (κ3) is 2.21. The Hall–Kier alpha value is -1.29. The van der Waals surface area contributed by atoms with E-state index in [1.165, 1.54) is 5.56 Å². The van der Waals surface area contributed by atoms with Gasteiger partial charge in [0.25, 0.3) is 0 Å². The molecule has 0 spiro atoms. The summed E-state index contributed by atoms with van der Waals surface area (Å²) < 4.78 is 2.93. The number of nitrogens with two attached hydrogens (primary N) is 1. The molecule has 0 atom stereocenters. The molecule has 2 rings (SSSR count). The van der Waals surface area contributed by atoms with E-state index in [4.69, 9.17) is 5.73 Å². The lowest BCUT2D eigenvalue weighted by molar-refractivity contribution is 0.928. The van der Waals surface area contributed by atoms with Gasteiger partial charge in [-0.05, 0) is 11.6 Å². The first-order valence-electron chi connectivity index (χ1n) is 4.68. The summed E-state index contributed by atoms with van der Waals surface area (Å²) in [7, 11) is 1.89. The molecule has 0 aliphatic rings. The number of aryl methyl sites for hydroxylation is 1. The van der Waals surface area contributed by atoms with Crippen LogP contribution in [-0.4, -0.2) is 9.55 Å². The van der Waals surface area contributed by atoms with E-state index in [-0.39, 0.29) is 0 Å². The monoisotopic (exact) mass is 265 g/mol. The summed E-state index contributed by atoms with van der Waals surface area (Å²) in [5.74, 6) is 0.553. The minimum atomic E-state index is 0.553. The van der Waals surface area contributed by atoms with Crippen LogP contribution in [0.25, 0.3) is 0 Å². The van der Waals surface area contributed by atoms with E-state index in [1.54, 1.807) is 0 Å². The molecule has 0 fully saturated rings. The highest BCUT2D eigenvalue weighted by atomic mass is 79.9. The van der Waals surface area contributed by atoms with E-state index in [0.717, 1.165) is 16.6 Å². The normalized spacial score (nSPS) is 10.5. The highest BCUT2D eigenvalue weighted by Crippen LogP contribution is 2.19. The van der Waals surface area contributed by atoms with Crippen LogP contribution in [0.2, 0.25) is 0 Å². The zero-order valence-electron chi connectivity index (χ0n) is 8.44. The van der Waals surface area contributed by atoms with Gasteiger partial charge in [0.15, 0.2) is 5.95 Å². The molecule has 2 aromatic rings. The van der Waals surface area contributed by atoms with Crippen LogP contribution in [0.15, 0.2) is 34.9 Å². The van der Waals surface area contributed by atoms with Crippen molar-refractivity contribution in [3.05, 3.63) is 46.2 Å². The van der Waals surface area contributed by atoms with Crippen molar-refractivity contribution in [2.75, 3.05) is 5.73 Å². The average Bonchev–Trinajstić information content (AvgIpc) is 2.50. The molecular formula is C11H12BrN3. The topological polar surface area (TPSA) is 43.8 Å². The molecule has 15 heavy (non-hydrogen) atoms. The molecule has 0 bridgehead atoms. The highest BCUT2D eigenvalue weighted by molar-refractivity contribution is 9.10. The third-order valence-corrected chi connectivity index (χ3v) is 3.07. The van der Waals surface area contributed by atoms with Crippen LogP contribution < -0.4 is 5.73 Å². The zero-order chi connectivity index (χ0) is 10.8. The number of halogens is 1.